The van der Waals surface area contributed by atoms with E-state index in [1.165, 1.54) is 24.3 Å². The molecule has 1 heterocycles. The number of benzene rings is 3. The number of hydrogen-bond donors (Lipinski definition) is 1. The Morgan fingerprint density at radius 3 is 1.78 bits per heavy atom. The molecule has 0 amide bonds. The number of hydrogen-bond acceptors (Lipinski definition) is 5. The summed E-state index contributed by atoms with van der Waals surface area (Å²) >= 11 is 1.63. The molecule has 1 N–H and O–H groups in total. The molecular formula is C27H32Cl2F2N2O2S. The zero-order chi connectivity index (χ0) is 23.9. The van der Waals surface area contributed by atoms with Crippen LogP contribution in [0.5, 0.6) is 5.75 Å². The monoisotopic (exact) mass is 556 g/mol. The van der Waals surface area contributed by atoms with Crippen LogP contribution in [-0.2, 0) is 0 Å². The third kappa shape index (κ3) is 8.33. The molecule has 0 aromatic heterocycles. The lowest BCUT2D eigenvalue weighted by atomic mass is 9.96. The van der Waals surface area contributed by atoms with Crippen LogP contribution >= 0.6 is 36.6 Å². The molecule has 4 rings (SSSR count). The maximum Gasteiger partial charge on any atom is 0.123 e. The van der Waals surface area contributed by atoms with Crippen molar-refractivity contribution in [1.29, 1.82) is 0 Å². The molecule has 1 saturated heterocycles. The van der Waals surface area contributed by atoms with Crippen molar-refractivity contribution >= 4 is 36.6 Å². The molecule has 3 aromatic carbocycles. The van der Waals surface area contributed by atoms with Crippen molar-refractivity contribution in [3.05, 3.63) is 95.6 Å². The lowest BCUT2D eigenvalue weighted by molar-refractivity contribution is 0.0708. The number of β-amino-alcohol motifs (C(OH)–C–C–N with tert-alkyl or cyclic N) is 1. The van der Waals surface area contributed by atoms with E-state index in [4.69, 9.17) is 4.74 Å². The highest BCUT2D eigenvalue weighted by molar-refractivity contribution is 7.99. The minimum Gasteiger partial charge on any atom is -0.497 e. The molecule has 0 aliphatic carbocycles. The smallest absolute Gasteiger partial charge is 0.123 e. The van der Waals surface area contributed by atoms with Gasteiger partial charge in [0.05, 0.1) is 19.3 Å². The Bertz CT molecular complexity index is 990. The molecule has 0 radical (unpaired) electrons. The van der Waals surface area contributed by atoms with Crippen LogP contribution < -0.4 is 4.74 Å². The van der Waals surface area contributed by atoms with E-state index in [0.29, 0.717) is 12.3 Å². The Balaban J connectivity index is 0.00000228. The van der Waals surface area contributed by atoms with Crippen LogP contribution in [0.15, 0.2) is 77.7 Å². The SMILES string of the molecule is COc1ccc(SCC(O)CN2CCN(C(c3ccc(F)cc3)c3ccc(F)cc3)CC2)cc1.Cl.Cl. The lowest BCUT2D eigenvalue weighted by Crippen LogP contribution is -2.50. The second-order valence-corrected chi connectivity index (χ2v) is 9.58. The second-order valence-electron chi connectivity index (χ2n) is 8.48. The van der Waals surface area contributed by atoms with Crippen molar-refractivity contribution in [3.63, 3.8) is 0 Å². The van der Waals surface area contributed by atoms with E-state index in [0.717, 1.165) is 48.0 Å². The van der Waals surface area contributed by atoms with E-state index in [1.807, 2.05) is 24.3 Å². The van der Waals surface area contributed by atoms with E-state index in [1.54, 1.807) is 43.1 Å². The van der Waals surface area contributed by atoms with Crippen LogP contribution in [0.4, 0.5) is 8.78 Å². The first-order valence-electron chi connectivity index (χ1n) is 11.4. The average molecular weight is 558 g/mol. The second kappa shape index (κ2) is 14.8. The Hall–Kier alpha value is -1.87. The third-order valence-electron chi connectivity index (χ3n) is 6.11. The van der Waals surface area contributed by atoms with Crippen molar-refractivity contribution in [2.45, 2.75) is 17.0 Å². The van der Waals surface area contributed by atoms with Gasteiger partial charge in [0.1, 0.15) is 17.4 Å². The Kier molecular flexibility index (Phi) is 12.4. The summed E-state index contributed by atoms with van der Waals surface area (Å²) in [5.41, 5.74) is 1.97. The van der Waals surface area contributed by atoms with Crippen molar-refractivity contribution in [2.24, 2.45) is 0 Å². The largest absolute Gasteiger partial charge is 0.497 e. The molecule has 3 aromatic rings. The van der Waals surface area contributed by atoms with E-state index in [9.17, 15) is 13.9 Å². The number of nitrogens with zero attached hydrogens (tertiary/aromatic N) is 2. The summed E-state index contributed by atoms with van der Waals surface area (Å²) in [4.78, 5) is 5.73. The summed E-state index contributed by atoms with van der Waals surface area (Å²) in [7, 11) is 1.65. The molecule has 1 atom stereocenters. The van der Waals surface area contributed by atoms with Gasteiger partial charge in [0.15, 0.2) is 0 Å². The van der Waals surface area contributed by atoms with Crippen molar-refractivity contribution in [3.8, 4) is 5.75 Å². The molecule has 1 unspecified atom stereocenters. The number of aliphatic hydroxyl groups is 1. The van der Waals surface area contributed by atoms with Crippen LogP contribution in [0, 0.1) is 11.6 Å². The van der Waals surface area contributed by atoms with E-state index < -0.39 is 6.10 Å². The average Bonchev–Trinajstić information content (AvgIpc) is 2.86. The Labute approximate surface area is 228 Å². The number of methoxy groups -OCH3 is 1. The van der Waals surface area contributed by atoms with Gasteiger partial charge in [-0.3, -0.25) is 9.80 Å². The molecule has 36 heavy (non-hydrogen) atoms. The van der Waals surface area contributed by atoms with Gasteiger partial charge >= 0.3 is 0 Å². The lowest BCUT2D eigenvalue weighted by Gasteiger charge is -2.40. The van der Waals surface area contributed by atoms with E-state index >= 15 is 0 Å². The molecule has 0 bridgehead atoms. The van der Waals surface area contributed by atoms with Crippen LogP contribution in [0.1, 0.15) is 17.2 Å². The predicted octanol–water partition coefficient (Wildman–Crippen LogP) is 5.68. The van der Waals surface area contributed by atoms with E-state index in [2.05, 4.69) is 9.80 Å². The van der Waals surface area contributed by atoms with Gasteiger partial charge in [-0.15, -0.1) is 36.6 Å². The fourth-order valence-electron chi connectivity index (χ4n) is 4.32. The van der Waals surface area contributed by atoms with E-state index in [-0.39, 0.29) is 42.5 Å². The van der Waals surface area contributed by atoms with Gasteiger partial charge in [-0.05, 0) is 59.7 Å². The topological polar surface area (TPSA) is 35.9 Å². The van der Waals surface area contributed by atoms with Gasteiger partial charge in [-0.25, -0.2) is 8.78 Å². The molecule has 1 aliphatic rings. The maximum atomic E-state index is 13.5. The summed E-state index contributed by atoms with van der Waals surface area (Å²) in [6.07, 6.45) is -0.427. The molecule has 196 valence electrons. The summed E-state index contributed by atoms with van der Waals surface area (Å²) in [6, 6.07) is 20.9. The number of rotatable bonds is 9. The van der Waals surface area contributed by atoms with Gasteiger partial charge in [0.25, 0.3) is 0 Å². The molecule has 0 saturated carbocycles. The number of aliphatic hydroxyl groups excluding tert-OH is 1. The number of ether oxygens (including phenoxy) is 1. The zero-order valence-corrected chi connectivity index (χ0v) is 22.5. The molecule has 0 spiro atoms. The first-order valence-corrected chi connectivity index (χ1v) is 12.4. The van der Waals surface area contributed by atoms with Gasteiger partial charge in [0.2, 0.25) is 0 Å². The van der Waals surface area contributed by atoms with Crippen molar-refractivity contribution < 1.29 is 18.6 Å². The summed E-state index contributed by atoms with van der Waals surface area (Å²) in [5.74, 6) is 0.906. The number of thioether (sulfide) groups is 1. The number of piperazine rings is 1. The Morgan fingerprint density at radius 1 is 0.806 bits per heavy atom. The molecular weight excluding hydrogens is 525 g/mol. The predicted molar refractivity (Wildman–Crippen MR) is 147 cm³/mol. The highest BCUT2D eigenvalue weighted by Gasteiger charge is 2.27. The van der Waals surface area contributed by atoms with Crippen LogP contribution in [0.3, 0.4) is 0 Å². The highest BCUT2D eigenvalue weighted by Crippen LogP contribution is 2.30. The maximum absolute atomic E-state index is 13.5. The number of halogens is 4. The Morgan fingerprint density at radius 2 is 1.31 bits per heavy atom. The molecule has 9 heteroatoms. The van der Waals surface area contributed by atoms with Crippen molar-refractivity contribution in [2.75, 3.05) is 45.6 Å². The third-order valence-corrected chi connectivity index (χ3v) is 7.27. The fourth-order valence-corrected chi connectivity index (χ4v) is 5.14. The van der Waals surface area contributed by atoms with Crippen LogP contribution in [0.2, 0.25) is 0 Å². The molecule has 1 aliphatic heterocycles. The molecule has 1 fully saturated rings. The zero-order valence-electron chi connectivity index (χ0n) is 20.1. The first-order chi connectivity index (χ1) is 16.5. The standard InChI is InChI=1S/C27H30F2N2O2S.2ClH/c1-33-25-10-12-26(13-11-25)34-19-24(32)18-30-14-16-31(17-15-30)27(20-2-6-22(28)7-3-20)21-4-8-23(29)9-5-21;;/h2-13,24,27,32H,14-19H2,1H3;2*1H. The fraction of sp³-hybridized carbons (Fsp3) is 0.333. The van der Waals surface area contributed by atoms with Crippen molar-refractivity contribution in [1.82, 2.24) is 9.80 Å². The summed E-state index contributed by atoms with van der Waals surface area (Å²) in [6.45, 7) is 3.87. The van der Waals surface area contributed by atoms with Gasteiger partial charge in [-0.1, -0.05) is 24.3 Å². The van der Waals surface area contributed by atoms with Crippen LogP contribution in [-0.4, -0.2) is 66.6 Å². The summed E-state index contributed by atoms with van der Waals surface area (Å²) < 4.78 is 32.2. The minimum atomic E-state index is -0.427. The van der Waals surface area contributed by atoms with Gasteiger partial charge in [0, 0.05) is 43.4 Å². The highest BCUT2D eigenvalue weighted by atomic mass is 35.5. The first kappa shape index (κ1) is 30.4. The quantitative estimate of drug-likeness (QED) is 0.343. The summed E-state index contributed by atoms with van der Waals surface area (Å²) in [5, 5.41) is 10.6. The van der Waals surface area contributed by atoms with Gasteiger partial charge < -0.3 is 9.84 Å². The molecule has 4 nitrogen and oxygen atoms in total. The minimum absolute atomic E-state index is 0. The van der Waals surface area contributed by atoms with Gasteiger partial charge in [-0.2, -0.15) is 0 Å². The van der Waals surface area contributed by atoms with Crippen LogP contribution in [0.25, 0.3) is 0 Å². The normalized spacial score (nSPS) is 15.1.